The smallest absolute Gasteiger partial charge is 0.418 e. The number of rotatable bonds is 10. The molecule has 7 heteroatoms. The fraction of sp³-hybridized carbons (Fsp3) is 0.591. The number of hydrogen-bond acceptors (Lipinski definition) is 1. The molecule has 1 aromatic carbocycles. The van der Waals surface area contributed by atoms with Crippen LogP contribution in [0.15, 0.2) is 30.3 Å². The molecule has 0 unspecified atom stereocenters. The molecule has 0 fully saturated rings. The summed E-state index contributed by atoms with van der Waals surface area (Å²) < 4.78 is 43.8. The van der Waals surface area contributed by atoms with Gasteiger partial charge in [0, 0.05) is 18.3 Å². The van der Waals surface area contributed by atoms with Gasteiger partial charge in [0.05, 0.1) is 0 Å². The summed E-state index contributed by atoms with van der Waals surface area (Å²) in [7, 11) is -6.00. The van der Waals surface area contributed by atoms with E-state index >= 15 is 0 Å². The first-order valence-corrected chi connectivity index (χ1v) is 12.2. The van der Waals surface area contributed by atoms with E-state index in [2.05, 4.69) is 40.2 Å². The van der Waals surface area contributed by atoms with Gasteiger partial charge in [0.2, 0.25) is 3.57 Å². The lowest BCUT2D eigenvalue weighted by Gasteiger charge is -2.16. The molecule has 0 aliphatic carbocycles. The Bertz CT molecular complexity index is 610. The van der Waals surface area contributed by atoms with E-state index in [0.29, 0.717) is 5.78 Å². The normalized spacial score (nSPS) is 11.1. The zero-order valence-electron chi connectivity index (χ0n) is 17.6. The molecule has 0 heterocycles. The molecule has 0 aliphatic heterocycles. The second-order valence-corrected chi connectivity index (χ2v) is 10.1. The predicted molar refractivity (Wildman–Crippen MR) is 109 cm³/mol. The van der Waals surface area contributed by atoms with Crippen LogP contribution in [0.1, 0.15) is 78.6 Å². The molecule has 29 heavy (non-hydrogen) atoms. The van der Waals surface area contributed by atoms with Crippen LogP contribution in [0, 0.1) is 18.8 Å². The van der Waals surface area contributed by atoms with E-state index < -0.39 is 7.25 Å². The number of Topliss-reactive ketones (excluding diaryl/α,β-unsaturated/α-hetero) is 1. The molecule has 0 N–H and O–H groups in total. The maximum atomic E-state index is 11.8. The summed E-state index contributed by atoms with van der Waals surface area (Å²) in [5.41, 5.74) is -0.163. The number of unbranched alkanes of at least 4 members (excludes halogenated alkanes) is 7. The molecule has 1 nitrogen and oxygen atoms in total. The minimum absolute atomic E-state index is 0.113. The van der Waals surface area contributed by atoms with Gasteiger partial charge in [-0.2, -0.15) is 0 Å². The van der Waals surface area contributed by atoms with Crippen molar-refractivity contribution < 1.29 is 43.3 Å². The highest BCUT2D eigenvalue weighted by Crippen LogP contribution is 2.19. The molecule has 164 valence electrons. The van der Waals surface area contributed by atoms with Gasteiger partial charge in [-0.3, -0.25) is 4.79 Å². The molecular weight excluding hydrogens is 494 g/mol. The van der Waals surface area contributed by atoms with Crippen LogP contribution in [0.25, 0.3) is 0 Å². The average Bonchev–Trinajstić information content (AvgIpc) is 2.61. The van der Waals surface area contributed by atoms with Crippen LogP contribution in [0.4, 0.5) is 17.3 Å². The van der Waals surface area contributed by atoms with Gasteiger partial charge in [0.1, 0.15) is 5.78 Å². The molecule has 0 aliphatic rings. The minimum Gasteiger partial charge on any atom is -0.418 e. The van der Waals surface area contributed by atoms with Gasteiger partial charge < -0.3 is 17.3 Å². The fourth-order valence-electron chi connectivity index (χ4n) is 2.37. The standard InChI is InChI=1S/C22H32IO.BF4/c1-22(2,3)21(24)18-14-9-7-5-4-6-8-10-15-19-23-20-16-12-11-13-17-20;2-1(3,4)5/h11-13,16-17H,4-10,14,18H2,1-3H3;/q+1;-1. The fourth-order valence-corrected chi connectivity index (χ4v) is 3.92. The molecule has 0 atom stereocenters. The van der Waals surface area contributed by atoms with Crippen molar-refractivity contribution in [1.29, 1.82) is 0 Å². The van der Waals surface area contributed by atoms with Crippen molar-refractivity contribution in [3.63, 3.8) is 0 Å². The van der Waals surface area contributed by atoms with Gasteiger partial charge >= 0.3 is 28.5 Å². The van der Waals surface area contributed by atoms with Crippen LogP contribution in [0.5, 0.6) is 0 Å². The van der Waals surface area contributed by atoms with Crippen molar-refractivity contribution in [3.05, 3.63) is 33.9 Å². The summed E-state index contributed by atoms with van der Waals surface area (Å²) in [4.78, 5) is 11.8. The first-order valence-electron chi connectivity index (χ1n) is 10.1. The number of carbonyl (C=O) groups is 1. The SMILES string of the molecule is CC(C)(C)C(=O)CCCCCCCCCC#C[I+]c1ccccc1.F[B-](F)(F)F. The van der Waals surface area contributed by atoms with Crippen LogP contribution in [0.2, 0.25) is 0 Å². The quantitative estimate of drug-likeness (QED) is 0.146. The van der Waals surface area contributed by atoms with Crippen LogP contribution in [-0.2, 0) is 4.79 Å². The van der Waals surface area contributed by atoms with Gasteiger partial charge in [-0.1, -0.05) is 71.1 Å². The van der Waals surface area contributed by atoms with Crippen molar-refractivity contribution in [1.82, 2.24) is 0 Å². The molecule has 0 radical (unpaired) electrons. The second-order valence-electron chi connectivity index (χ2n) is 7.80. The van der Waals surface area contributed by atoms with Crippen molar-refractivity contribution in [3.8, 4) is 9.85 Å². The number of halogens is 5. The Kier molecular flexibility index (Phi) is 15.2. The number of hydrogen-bond donors (Lipinski definition) is 0. The third-order valence-electron chi connectivity index (χ3n) is 4.00. The molecule has 0 saturated carbocycles. The van der Waals surface area contributed by atoms with E-state index in [1.54, 1.807) is 0 Å². The van der Waals surface area contributed by atoms with Crippen molar-refractivity contribution in [2.45, 2.75) is 78.6 Å². The third kappa shape index (κ3) is 21.5. The van der Waals surface area contributed by atoms with Crippen LogP contribution in [0.3, 0.4) is 0 Å². The largest absolute Gasteiger partial charge is 0.673 e. The van der Waals surface area contributed by atoms with E-state index in [1.165, 1.54) is 42.1 Å². The molecule has 1 aromatic rings. The van der Waals surface area contributed by atoms with Crippen LogP contribution < -0.4 is 21.2 Å². The van der Waals surface area contributed by atoms with E-state index in [1.807, 2.05) is 20.8 Å². The maximum Gasteiger partial charge on any atom is 0.673 e. The van der Waals surface area contributed by atoms with E-state index in [0.717, 1.165) is 19.3 Å². The first kappa shape index (κ1) is 28.0. The Balaban J connectivity index is 0.00000139. The highest BCUT2D eigenvalue weighted by atomic mass is 127. The molecule has 0 aromatic heterocycles. The maximum absolute atomic E-state index is 11.8. The highest BCUT2D eigenvalue weighted by Gasteiger charge is 2.21. The zero-order chi connectivity index (χ0) is 22.2. The lowest BCUT2D eigenvalue weighted by molar-refractivity contribution is -0.535. The van der Waals surface area contributed by atoms with E-state index in [9.17, 15) is 22.1 Å². The Morgan fingerprint density at radius 2 is 1.38 bits per heavy atom. The Labute approximate surface area is 183 Å². The molecule has 0 amide bonds. The Hall–Kier alpha value is -1.04. The van der Waals surface area contributed by atoms with Crippen molar-refractivity contribution in [2.24, 2.45) is 5.41 Å². The van der Waals surface area contributed by atoms with Crippen LogP contribution in [-0.4, -0.2) is 13.0 Å². The van der Waals surface area contributed by atoms with Gasteiger partial charge in [0.25, 0.3) is 0 Å². The van der Waals surface area contributed by atoms with Gasteiger partial charge in [-0.15, -0.1) is 0 Å². The topological polar surface area (TPSA) is 17.1 Å². The van der Waals surface area contributed by atoms with E-state index in [4.69, 9.17) is 0 Å². The number of ketones is 1. The summed E-state index contributed by atoms with van der Waals surface area (Å²) in [5.74, 6) is 3.74. The van der Waals surface area contributed by atoms with Crippen molar-refractivity contribution in [2.75, 3.05) is 0 Å². The zero-order valence-corrected chi connectivity index (χ0v) is 19.8. The first-order chi connectivity index (χ1) is 13.5. The van der Waals surface area contributed by atoms with Crippen molar-refractivity contribution >= 4 is 13.0 Å². The van der Waals surface area contributed by atoms with Crippen LogP contribution >= 0.6 is 0 Å². The van der Waals surface area contributed by atoms with Gasteiger partial charge in [-0.25, -0.2) is 0 Å². The van der Waals surface area contributed by atoms with E-state index in [-0.39, 0.29) is 26.6 Å². The summed E-state index contributed by atoms with van der Waals surface area (Å²) in [6.07, 6.45) is 10.5. The molecule has 1 rings (SSSR count). The second kappa shape index (κ2) is 15.8. The van der Waals surface area contributed by atoms with Gasteiger partial charge in [0.15, 0.2) is 3.93 Å². The molecule has 0 saturated heterocycles. The molecular formula is C22H32BF4IO. The Morgan fingerprint density at radius 1 is 0.897 bits per heavy atom. The highest BCUT2D eigenvalue weighted by molar-refractivity contribution is 6.50. The number of benzene rings is 1. The summed E-state index contributed by atoms with van der Waals surface area (Å²) in [5, 5.41) is 0. The summed E-state index contributed by atoms with van der Waals surface area (Å²) in [6, 6.07) is 10.6. The lowest BCUT2D eigenvalue weighted by Crippen LogP contribution is -3.59. The average molecular weight is 526 g/mol. The summed E-state index contributed by atoms with van der Waals surface area (Å²) >= 11 is -0.113. The third-order valence-corrected chi connectivity index (χ3v) is 5.99. The predicted octanol–water partition coefficient (Wildman–Crippen LogP) is 4.33. The Morgan fingerprint density at radius 3 is 1.90 bits per heavy atom. The number of carbonyl (C=O) groups excluding carboxylic acids is 1. The minimum atomic E-state index is -6.00. The molecule has 0 spiro atoms. The lowest BCUT2D eigenvalue weighted by atomic mass is 9.88. The molecule has 0 bridgehead atoms. The summed E-state index contributed by atoms with van der Waals surface area (Å²) in [6.45, 7) is 6.04. The van der Waals surface area contributed by atoms with Gasteiger partial charge in [-0.05, 0) is 30.9 Å². The monoisotopic (exact) mass is 526 g/mol.